The lowest BCUT2D eigenvalue weighted by atomic mass is 10.1. The monoisotopic (exact) mass is 310 g/mol. The van der Waals surface area contributed by atoms with Crippen molar-refractivity contribution in [2.45, 2.75) is 13.0 Å². The molecule has 1 aromatic rings. The normalized spacial score (nSPS) is 18.6. The molecule has 2 rings (SSSR count). The highest BCUT2D eigenvalue weighted by Crippen LogP contribution is 2.18. The number of halogens is 1. The van der Waals surface area contributed by atoms with Crippen molar-refractivity contribution in [3.8, 4) is 0 Å². The fourth-order valence-electron chi connectivity index (χ4n) is 2.39. The Morgan fingerprint density at radius 2 is 1.95 bits per heavy atom. The predicted molar refractivity (Wildman–Crippen MR) is 81.8 cm³/mol. The number of hydrogen-bond acceptors (Lipinski definition) is 4. The Hall–Kier alpha value is -1.79. The van der Waals surface area contributed by atoms with Gasteiger partial charge in [0.1, 0.15) is 0 Å². The summed E-state index contributed by atoms with van der Waals surface area (Å²) in [6.07, 6.45) is 0. The van der Waals surface area contributed by atoms with Crippen molar-refractivity contribution in [2.24, 2.45) is 10.9 Å². The first-order chi connectivity index (χ1) is 10.0. The van der Waals surface area contributed by atoms with Gasteiger partial charge in [-0.15, -0.1) is 0 Å². The van der Waals surface area contributed by atoms with Crippen molar-refractivity contribution in [2.75, 3.05) is 26.2 Å². The molecular formula is C14H19ClN4O2. The third-order valence-electron chi connectivity index (χ3n) is 3.80. The van der Waals surface area contributed by atoms with E-state index in [1.807, 2.05) is 6.92 Å². The number of nitrogens with zero attached hydrogens (tertiary/aromatic N) is 3. The largest absolute Gasteiger partial charge is 0.409 e. The van der Waals surface area contributed by atoms with Crippen LogP contribution in [-0.2, 0) is 0 Å². The summed E-state index contributed by atoms with van der Waals surface area (Å²) in [6, 6.07) is 6.90. The van der Waals surface area contributed by atoms with Crippen LogP contribution < -0.4 is 5.73 Å². The summed E-state index contributed by atoms with van der Waals surface area (Å²) in [5, 5.41) is 12.2. The Labute approximate surface area is 128 Å². The third kappa shape index (κ3) is 3.46. The van der Waals surface area contributed by atoms with Gasteiger partial charge in [0.25, 0.3) is 5.91 Å². The molecular weight excluding hydrogens is 292 g/mol. The van der Waals surface area contributed by atoms with Crippen LogP contribution in [-0.4, -0.2) is 59.0 Å². The van der Waals surface area contributed by atoms with E-state index in [1.165, 1.54) is 0 Å². The SMILES string of the molecule is CC(C(N)=NO)N1CCN(C(=O)c2ccccc2Cl)CC1. The number of carbonyl (C=O) groups excluding carboxylic acids is 1. The van der Waals surface area contributed by atoms with Crippen molar-refractivity contribution in [1.29, 1.82) is 0 Å². The van der Waals surface area contributed by atoms with Crippen LogP contribution in [0.1, 0.15) is 17.3 Å². The summed E-state index contributed by atoms with van der Waals surface area (Å²) >= 11 is 6.06. The molecule has 1 atom stereocenters. The molecule has 3 N–H and O–H groups in total. The second-order valence-electron chi connectivity index (χ2n) is 5.01. The molecule has 1 saturated heterocycles. The number of amides is 1. The molecule has 6 nitrogen and oxygen atoms in total. The number of amidine groups is 1. The molecule has 1 aromatic carbocycles. The van der Waals surface area contributed by atoms with Gasteiger partial charge in [-0.2, -0.15) is 0 Å². The second-order valence-corrected chi connectivity index (χ2v) is 5.42. The van der Waals surface area contributed by atoms with E-state index in [1.54, 1.807) is 29.2 Å². The first-order valence-corrected chi connectivity index (χ1v) is 7.17. The number of benzene rings is 1. The van der Waals surface area contributed by atoms with Crippen LogP contribution in [0.15, 0.2) is 29.4 Å². The van der Waals surface area contributed by atoms with E-state index >= 15 is 0 Å². The van der Waals surface area contributed by atoms with Crippen LogP contribution in [0, 0.1) is 0 Å². The van der Waals surface area contributed by atoms with Gasteiger partial charge in [0, 0.05) is 26.2 Å². The number of rotatable bonds is 3. The third-order valence-corrected chi connectivity index (χ3v) is 4.13. The standard InChI is InChI=1S/C14H19ClN4O2/c1-10(13(16)17-21)18-6-8-19(9-7-18)14(20)11-4-2-3-5-12(11)15/h2-5,10,21H,6-9H2,1H3,(H2,16,17). The van der Waals surface area contributed by atoms with Crippen molar-refractivity contribution in [3.63, 3.8) is 0 Å². The average molecular weight is 311 g/mol. The molecule has 1 unspecified atom stereocenters. The van der Waals surface area contributed by atoms with Gasteiger partial charge in [-0.25, -0.2) is 0 Å². The van der Waals surface area contributed by atoms with Gasteiger partial charge in [0.2, 0.25) is 0 Å². The number of hydrogen-bond donors (Lipinski definition) is 2. The molecule has 1 heterocycles. The molecule has 0 aliphatic carbocycles. The minimum Gasteiger partial charge on any atom is -0.409 e. The summed E-state index contributed by atoms with van der Waals surface area (Å²) in [5.74, 6) is 0.123. The fourth-order valence-corrected chi connectivity index (χ4v) is 2.60. The number of nitrogens with two attached hydrogens (primary N) is 1. The molecule has 1 fully saturated rings. The smallest absolute Gasteiger partial charge is 0.255 e. The molecule has 0 spiro atoms. The highest BCUT2D eigenvalue weighted by Gasteiger charge is 2.27. The molecule has 0 bridgehead atoms. The van der Waals surface area contributed by atoms with Gasteiger partial charge in [0.15, 0.2) is 5.84 Å². The molecule has 114 valence electrons. The van der Waals surface area contributed by atoms with Crippen LogP contribution in [0.4, 0.5) is 0 Å². The summed E-state index contributed by atoms with van der Waals surface area (Å²) in [4.78, 5) is 16.3. The van der Waals surface area contributed by atoms with E-state index in [0.717, 1.165) is 0 Å². The van der Waals surface area contributed by atoms with E-state index in [4.69, 9.17) is 22.5 Å². The number of carbonyl (C=O) groups is 1. The second kappa shape index (κ2) is 6.78. The van der Waals surface area contributed by atoms with Gasteiger partial charge in [-0.3, -0.25) is 9.69 Å². The molecule has 0 radical (unpaired) electrons. The van der Waals surface area contributed by atoms with E-state index in [2.05, 4.69) is 10.1 Å². The zero-order valence-corrected chi connectivity index (χ0v) is 12.6. The summed E-state index contributed by atoms with van der Waals surface area (Å²) in [7, 11) is 0. The summed E-state index contributed by atoms with van der Waals surface area (Å²) in [6.45, 7) is 4.40. The minimum absolute atomic E-state index is 0.0586. The predicted octanol–water partition coefficient (Wildman–Crippen LogP) is 1.23. The first-order valence-electron chi connectivity index (χ1n) is 6.80. The molecule has 21 heavy (non-hydrogen) atoms. The Kier molecular flexibility index (Phi) is 5.03. The fraction of sp³-hybridized carbons (Fsp3) is 0.429. The molecule has 1 aliphatic rings. The van der Waals surface area contributed by atoms with Crippen molar-refractivity contribution < 1.29 is 10.0 Å². The van der Waals surface area contributed by atoms with E-state index in [-0.39, 0.29) is 17.8 Å². The summed E-state index contributed by atoms with van der Waals surface area (Å²) in [5.41, 5.74) is 6.14. The highest BCUT2D eigenvalue weighted by molar-refractivity contribution is 6.33. The topological polar surface area (TPSA) is 82.2 Å². The quantitative estimate of drug-likeness (QED) is 0.381. The Morgan fingerprint density at radius 3 is 2.52 bits per heavy atom. The zero-order chi connectivity index (χ0) is 15.4. The molecule has 1 amide bonds. The molecule has 1 aliphatic heterocycles. The van der Waals surface area contributed by atoms with Gasteiger partial charge < -0.3 is 15.8 Å². The maximum atomic E-state index is 12.4. The molecule has 0 aromatic heterocycles. The van der Waals surface area contributed by atoms with E-state index < -0.39 is 0 Å². The lowest BCUT2D eigenvalue weighted by molar-refractivity contribution is 0.0619. The van der Waals surface area contributed by atoms with Crippen LogP contribution in [0.25, 0.3) is 0 Å². The maximum Gasteiger partial charge on any atom is 0.255 e. The average Bonchev–Trinajstić information content (AvgIpc) is 2.53. The first kappa shape index (κ1) is 15.6. The van der Waals surface area contributed by atoms with Gasteiger partial charge >= 0.3 is 0 Å². The number of piperazine rings is 1. The minimum atomic E-state index is -0.146. The number of oxime groups is 1. The van der Waals surface area contributed by atoms with E-state index in [0.29, 0.717) is 36.8 Å². The Morgan fingerprint density at radius 1 is 1.33 bits per heavy atom. The van der Waals surface area contributed by atoms with E-state index in [9.17, 15) is 4.79 Å². The highest BCUT2D eigenvalue weighted by atomic mass is 35.5. The van der Waals surface area contributed by atoms with Gasteiger partial charge in [0.05, 0.1) is 16.6 Å². The maximum absolute atomic E-state index is 12.4. The lowest BCUT2D eigenvalue weighted by Gasteiger charge is -2.37. The lowest BCUT2D eigenvalue weighted by Crippen LogP contribution is -2.54. The van der Waals surface area contributed by atoms with Crippen molar-refractivity contribution in [3.05, 3.63) is 34.9 Å². The van der Waals surface area contributed by atoms with Crippen LogP contribution in [0.5, 0.6) is 0 Å². The zero-order valence-electron chi connectivity index (χ0n) is 11.9. The van der Waals surface area contributed by atoms with Crippen LogP contribution >= 0.6 is 11.6 Å². The van der Waals surface area contributed by atoms with Gasteiger partial charge in [-0.05, 0) is 19.1 Å². The van der Waals surface area contributed by atoms with Crippen LogP contribution in [0.2, 0.25) is 5.02 Å². The van der Waals surface area contributed by atoms with Crippen LogP contribution in [0.3, 0.4) is 0 Å². The van der Waals surface area contributed by atoms with Crippen molar-refractivity contribution in [1.82, 2.24) is 9.80 Å². The Bertz CT molecular complexity index is 542. The summed E-state index contributed by atoms with van der Waals surface area (Å²) < 4.78 is 0. The van der Waals surface area contributed by atoms with Crippen molar-refractivity contribution >= 4 is 23.3 Å². The van der Waals surface area contributed by atoms with Gasteiger partial charge in [-0.1, -0.05) is 28.9 Å². The molecule has 0 saturated carbocycles. The molecule has 7 heteroatoms. The Balaban J connectivity index is 1.98.